The van der Waals surface area contributed by atoms with Gasteiger partial charge in [-0.25, -0.2) is 0 Å². The Morgan fingerprint density at radius 2 is 2.18 bits per heavy atom. The molecule has 0 radical (unpaired) electrons. The molecule has 1 aliphatic heterocycles. The lowest BCUT2D eigenvalue weighted by atomic mass is 9.95. The van der Waals surface area contributed by atoms with Crippen LogP contribution in [0.15, 0.2) is 28.0 Å². The second kappa shape index (κ2) is 10.1. The number of anilines is 1. The normalized spacial score (nSPS) is 17.5. The smallest absolute Gasteiger partial charge is 0.235 e. The number of hydrogen-bond acceptors (Lipinski definition) is 7. The van der Waals surface area contributed by atoms with Gasteiger partial charge in [-0.3, -0.25) is 9.36 Å². The van der Waals surface area contributed by atoms with E-state index >= 15 is 0 Å². The van der Waals surface area contributed by atoms with E-state index in [1.54, 1.807) is 6.26 Å². The molecular weight excluding hydrogens is 452 g/mol. The van der Waals surface area contributed by atoms with Crippen molar-refractivity contribution in [1.82, 2.24) is 19.3 Å². The summed E-state index contributed by atoms with van der Waals surface area (Å²) >= 11 is 1.32. The first-order valence-electron chi connectivity index (χ1n) is 11.8. The molecule has 4 heterocycles. The minimum Gasteiger partial charge on any atom is -0.461 e. The van der Waals surface area contributed by atoms with Gasteiger partial charge in [-0.15, -0.1) is 10.2 Å². The fourth-order valence-electron chi connectivity index (χ4n) is 4.88. The highest BCUT2D eigenvalue weighted by atomic mass is 32.2. The predicted molar refractivity (Wildman–Crippen MR) is 128 cm³/mol. The van der Waals surface area contributed by atoms with Crippen LogP contribution in [-0.4, -0.2) is 43.7 Å². The summed E-state index contributed by atoms with van der Waals surface area (Å²) in [6, 6.07) is 6.01. The zero-order chi connectivity index (χ0) is 23.5. The minimum absolute atomic E-state index is 0.123. The summed E-state index contributed by atoms with van der Waals surface area (Å²) in [5.74, 6) is 1.89. The van der Waals surface area contributed by atoms with E-state index in [1.807, 2.05) is 23.6 Å². The summed E-state index contributed by atoms with van der Waals surface area (Å²) in [7, 11) is 0. The summed E-state index contributed by atoms with van der Waals surface area (Å²) in [4.78, 5) is 13.0. The van der Waals surface area contributed by atoms with E-state index in [0.717, 1.165) is 50.7 Å². The molecule has 2 aliphatic rings. The van der Waals surface area contributed by atoms with Crippen molar-refractivity contribution in [2.24, 2.45) is 0 Å². The number of nitriles is 1. The highest BCUT2D eigenvalue weighted by molar-refractivity contribution is 7.99. The number of ether oxygens (including phenoxy) is 1. The molecule has 1 N–H and O–H groups in total. The Morgan fingerprint density at radius 3 is 2.91 bits per heavy atom. The zero-order valence-electron chi connectivity index (χ0n) is 19.2. The van der Waals surface area contributed by atoms with Gasteiger partial charge in [0.25, 0.3) is 0 Å². The van der Waals surface area contributed by atoms with Gasteiger partial charge in [0, 0.05) is 18.8 Å². The van der Waals surface area contributed by atoms with Gasteiger partial charge in [0.15, 0.2) is 16.7 Å². The monoisotopic (exact) mass is 480 g/mol. The number of amides is 1. The molecule has 0 aromatic carbocycles. The Labute approximate surface area is 202 Å². The van der Waals surface area contributed by atoms with E-state index in [1.165, 1.54) is 17.5 Å². The summed E-state index contributed by atoms with van der Waals surface area (Å²) in [6.07, 6.45) is 7.75. The van der Waals surface area contributed by atoms with Crippen molar-refractivity contribution in [3.05, 3.63) is 35.2 Å². The molecule has 0 spiro atoms. The molecule has 0 bridgehead atoms. The van der Waals surface area contributed by atoms with E-state index < -0.39 is 0 Å². The molecule has 1 unspecified atom stereocenters. The van der Waals surface area contributed by atoms with Crippen LogP contribution in [-0.2, 0) is 35.5 Å². The molecule has 1 atom stereocenters. The van der Waals surface area contributed by atoms with Gasteiger partial charge in [-0.1, -0.05) is 11.8 Å². The lowest BCUT2D eigenvalue weighted by Gasteiger charge is -2.19. The van der Waals surface area contributed by atoms with Gasteiger partial charge in [0.05, 0.1) is 30.2 Å². The third kappa shape index (κ3) is 4.38. The topological polar surface area (TPSA) is 111 Å². The van der Waals surface area contributed by atoms with Gasteiger partial charge in [-0.05, 0) is 63.1 Å². The van der Waals surface area contributed by atoms with Crippen LogP contribution in [0.3, 0.4) is 0 Å². The van der Waals surface area contributed by atoms with Crippen molar-refractivity contribution in [3.63, 3.8) is 0 Å². The van der Waals surface area contributed by atoms with Crippen molar-refractivity contribution in [2.45, 2.75) is 69.8 Å². The van der Waals surface area contributed by atoms with Crippen LogP contribution in [0.4, 0.5) is 5.82 Å². The number of thioether (sulfide) groups is 1. The van der Waals surface area contributed by atoms with Crippen molar-refractivity contribution >= 4 is 23.5 Å². The quantitative estimate of drug-likeness (QED) is 0.485. The molecule has 178 valence electrons. The van der Waals surface area contributed by atoms with Crippen LogP contribution in [0.2, 0.25) is 0 Å². The van der Waals surface area contributed by atoms with E-state index in [9.17, 15) is 10.1 Å². The molecule has 9 nitrogen and oxygen atoms in total. The van der Waals surface area contributed by atoms with Gasteiger partial charge in [0.2, 0.25) is 5.91 Å². The predicted octanol–water partition coefficient (Wildman–Crippen LogP) is 4.02. The SMILES string of the molecule is CCn1c(SCC(=O)Nc2c(C#N)c3c(n2CC2CCCO2)CCCC3)nnc1-c1ccco1. The molecular formula is C24H28N6O3S. The summed E-state index contributed by atoms with van der Waals surface area (Å²) in [6.45, 7) is 4.10. The van der Waals surface area contributed by atoms with Gasteiger partial charge >= 0.3 is 0 Å². The molecule has 10 heteroatoms. The summed E-state index contributed by atoms with van der Waals surface area (Å²) in [5, 5.41) is 22.1. The highest BCUT2D eigenvalue weighted by Gasteiger charge is 2.28. The Balaban J connectivity index is 1.35. The first-order valence-corrected chi connectivity index (χ1v) is 12.8. The minimum atomic E-state index is -0.171. The van der Waals surface area contributed by atoms with E-state index in [0.29, 0.717) is 41.2 Å². The fourth-order valence-corrected chi connectivity index (χ4v) is 5.68. The Morgan fingerprint density at radius 1 is 1.29 bits per heavy atom. The number of hydrogen-bond donors (Lipinski definition) is 1. The number of furan rings is 1. The molecule has 1 amide bonds. The second-order valence-corrected chi connectivity index (χ2v) is 9.52. The molecule has 1 fully saturated rings. The third-order valence-corrected chi connectivity index (χ3v) is 7.43. The first-order chi connectivity index (χ1) is 16.7. The van der Waals surface area contributed by atoms with Crippen molar-refractivity contribution < 1.29 is 13.9 Å². The standard InChI is InChI=1S/C24H28N6O3S/c1-2-29-23(20-10-6-12-33-20)27-28-24(29)34-15-21(31)26-22-18(13-25)17-8-3-4-9-19(17)30(22)14-16-7-5-11-32-16/h6,10,12,16H,2-5,7-9,11,14-15H2,1H3,(H,26,31). The number of aromatic nitrogens is 4. The molecule has 34 heavy (non-hydrogen) atoms. The summed E-state index contributed by atoms with van der Waals surface area (Å²) in [5.41, 5.74) is 2.86. The van der Waals surface area contributed by atoms with Crippen LogP contribution in [0, 0.1) is 11.3 Å². The Bertz CT molecular complexity index is 1200. The number of nitrogens with one attached hydrogen (secondary N) is 1. The number of rotatable bonds is 8. The maximum Gasteiger partial charge on any atom is 0.235 e. The number of nitrogens with zero attached hydrogens (tertiary/aromatic N) is 5. The largest absolute Gasteiger partial charge is 0.461 e. The average molecular weight is 481 g/mol. The Kier molecular flexibility index (Phi) is 6.74. The molecule has 1 aliphatic carbocycles. The lowest BCUT2D eigenvalue weighted by molar-refractivity contribution is -0.113. The van der Waals surface area contributed by atoms with E-state index in [4.69, 9.17) is 9.15 Å². The zero-order valence-corrected chi connectivity index (χ0v) is 20.1. The lowest BCUT2D eigenvalue weighted by Crippen LogP contribution is -2.23. The number of carbonyl (C=O) groups is 1. The maximum atomic E-state index is 13.0. The molecule has 3 aromatic heterocycles. The fraction of sp³-hybridized carbons (Fsp3) is 0.500. The van der Waals surface area contributed by atoms with Gasteiger partial charge in [0.1, 0.15) is 11.9 Å². The van der Waals surface area contributed by atoms with Crippen molar-refractivity contribution in [1.29, 1.82) is 5.26 Å². The molecule has 0 saturated carbocycles. The van der Waals surface area contributed by atoms with Crippen molar-refractivity contribution in [2.75, 3.05) is 17.7 Å². The number of fused-ring (bicyclic) bond motifs is 1. The summed E-state index contributed by atoms with van der Waals surface area (Å²) < 4.78 is 15.4. The van der Waals surface area contributed by atoms with E-state index in [2.05, 4.69) is 26.2 Å². The first kappa shape index (κ1) is 22.7. The van der Waals surface area contributed by atoms with Gasteiger partial charge < -0.3 is 19.0 Å². The molecule has 3 aromatic rings. The van der Waals surface area contributed by atoms with Crippen LogP contribution in [0.1, 0.15) is 49.4 Å². The van der Waals surface area contributed by atoms with Crippen LogP contribution < -0.4 is 5.32 Å². The van der Waals surface area contributed by atoms with Gasteiger partial charge in [-0.2, -0.15) is 5.26 Å². The maximum absolute atomic E-state index is 13.0. The Hall–Kier alpha value is -3.03. The van der Waals surface area contributed by atoms with Crippen LogP contribution >= 0.6 is 11.8 Å². The highest BCUT2D eigenvalue weighted by Crippen LogP contribution is 2.34. The molecule has 5 rings (SSSR count). The van der Waals surface area contributed by atoms with E-state index in [-0.39, 0.29) is 17.8 Å². The van der Waals surface area contributed by atoms with Crippen LogP contribution in [0.25, 0.3) is 11.6 Å². The number of carbonyl (C=O) groups excluding carboxylic acids is 1. The molecule has 1 saturated heterocycles. The van der Waals surface area contributed by atoms with Crippen molar-refractivity contribution in [3.8, 4) is 17.7 Å². The van der Waals surface area contributed by atoms with Crippen LogP contribution in [0.5, 0.6) is 0 Å². The third-order valence-electron chi connectivity index (χ3n) is 6.46. The second-order valence-electron chi connectivity index (χ2n) is 8.58. The average Bonchev–Trinajstić information content (AvgIpc) is 3.65.